The highest BCUT2D eigenvalue weighted by Crippen LogP contribution is 2.16. The molecule has 1 aromatic carbocycles. The van der Waals surface area contributed by atoms with Gasteiger partial charge in [-0.15, -0.1) is 0 Å². The van der Waals surface area contributed by atoms with Crippen LogP contribution < -0.4 is 15.4 Å². The summed E-state index contributed by atoms with van der Waals surface area (Å²) in [6, 6.07) is 8.29. The molecule has 0 fully saturated rings. The van der Waals surface area contributed by atoms with Crippen LogP contribution in [-0.4, -0.2) is 25.6 Å². The van der Waals surface area contributed by atoms with E-state index in [1.165, 1.54) is 0 Å². The van der Waals surface area contributed by atoms with Crippen molar-refractivity contribution in [2.45, 2.75) is 45.7 Å². The molecule has 0 bridgehead atoms. The summed E-state index contributed by atoms with van der Waals surface area (Å²) in [5.74, 6) is 0.895. The van der Waals surface area contributed by atoms with Crippen molar-refractivity contribution in [1.29, 1.82) is 0 Å². The molecule has 20 heavy (non-hydrogen) atoms. The Balaban J connectivity index is 2.41. The normalized spacial score (nSPS) is 12.2. The van der Waals surface area contributed by atoms with E-state index in [4.69, 9.17) is 4.74 Å². The van der Waals surface area contributed by atoms with E-state index in [-0.39, 0.29) is 18.0 Å². The second-order valence-corrected chi connectivity index (χ2v) is 4.96. The molecule has 0 radical (unpaired) electrons. The summed E-state index contributed by atoms with van der Waals surface area (Å²) in [6.45, 7) is 6.56. The SMILES string of the molecule is CCC(CC)NC(=O)CNC(C)c1ccc(OC)cc1. The minimum Gasteiger partial charge on any atom is -0.497 e. The number of rotatable bonds is 8. The maximum atomic E-state index is 11.8. The van der Waals surface area contributed by atoms with Crippen LogP contribution >= 0.6 is 0 Å². The lowest BCUT2D eigenvalue weighted by Gasteiger charge is -2.17. The number of carbonyl (C=O) groups is 1. The van der Waals surface area contributed by atoms with Crippen LogP contribution in [0.3, 0.4) is 0 Å². The lowest BCUT2D eigenvalue weighted by molar-refractivity contribution is -0.121. The summed E-state index contributed by atoms with van der Waals surface area (Å²) in [7, 11) is 1.65. The van der Waals surface area contributed by atoms with E-state index in [0.717, 1.165) is 24.2 Å². The van der Waals surface area contributed by atoms with Crippen LogP contribution in [0.4, 0.5) is 0 Å². The van der Waals surface area contributed by atoms with Crippen LogP contribution in [-0.2, 0) is 4.79 Å². The van der Waals surface area contributed by atoms with Crippen molar-refractivity contribution < 1.29 is 9.53 Å². The van der Waals surface area contributed by atoms with Gasteiger partial charge in [-0.05, 0) is 37.5 Å². The van der Waals surface area contributed by atoms with E-state index in [2.05, 4.69) is 24.5 Å². The minimum absolute atomic E-state index is 0.0547. The van der Waals surface area contributed by atoms with Crippen LogP contribution in [0.15, 0.2) is 24.3 Å². The molecule has 1 rings (SSSR count). The number of ether oxygens (including phenoxy) is 1. The number of hydrogen-bond acceptors (Lipinski definition) is 3. The van der Waals surface area contributed by atoms with E-state index in [9.17, 15) is 4.79 Å². The molecule has 1 unspecified atom stereocenters. The Morgan fingerprint density at radius 1 is 1.20 bits per heavy atom. The average molecular weight is 278 g/mol. The molecule has 0 aliphatic heterocycles. The van der Waals surface area contributed by atoms with E-state index >= 15 is 0 Å². The van der Waals surface area contributed by atoms with Gasteiger partial charge in [-0.3, -0.25) is 4.79 Å². The number of benzene rings is 1. The number of hydrogen-bond donors (Lipinski definition) is 2. The van der Waals surface area contributed by atoms with Crippen LogP contribution in [0.1, 0.15) is 45.2 Å². The van der Waals surface area contributed by atoms with Gasteiger partial charge in [-0.2, -0.15) is 0 Å². The van der Waals surface area contributed by atoms with Crippen LogP contribution in [0.5, 0.6) is 5.75 Å². The van der Waals surface area contributed by atoms with Crippen molar-refractivity contribution in [3.8, 4) is 5.75 Å². The molecule has 4 nitrogen and oxygen atoms in total. The van der Waals surface area contributed by atoms with Crippen molar-refractivity contribution in [2.24, 2.45) is 0 Å². The van der Waals surface area contributed by atoms with Gasteiger partial charge in [0, 0.05) is 12.1 Å². The van der Waals surface area contributed by atoms with E-state index in [1.807, 2.05) is 31.2 Å². The first-order chi connectivity index (χ1) is 9.60. The monoisotopic (exact) mass is 278 g/mol. The van der Waals surface area contributed by atoms with Gasteiger partial charge in [-0.1, -0.05) is 26.0 Å². The average Bonchev–Trinajstić information content (AvgIpc) is 2.50. The van der Waals surface area contributed by atoms with Gasteiger partial charge < -0.3 is 15.4 Å². The molecule has 0 saturated carbocycles. The Bertz CT molecular complexity index is 399. The van der Waals surface area contributed by atoms with Crippen LogP contribution in [0.2, 0.25) is 0 Å². The first kappa shape index (κ1) is 16.5. The van der Waals surface area contributed by atoms with E-state index in [1.54, 1.807) is 7.11 Å². The number of nitrogens with one attached hydrogen (secondary N) is 2. The van der Waals surface area contributed by atoms with Crippen molar-refractivity contribution in [1.82, 2.24) is 10.6 Å². The van der Waals surface area contributed by atoms with Gasteiger partial charge in [0.1, 0.15) is 5.75 Å². The summed E-state index contributed by atoms with van der Waals surface area (Å²) in [5, 5.41) is 6.26. The first-order valence-electron chi connectivity index (χ1n) is 7.27. The molecular formula is C16H26N2O2. The fraction of sp³-hybridized carbons (Fsp3) is 0.562. The van der Waals surface area contributed by atoms with Gasteiger partial charge in [0.25, 0.3) is 0 Å². The molecule has 112 valence electrons. The summed E-state index contributed by atoms with van der Waals surface area (Å²) < 4.78 is 5.13. The van der Waals surface area contributed by atoms with E-state index in [0.29, 0.717) is 6.54 Å². The molecule has 0 aliphatic rings. The van der Waals surface area contributed by atoms with Gasteiger partial charge in [0.05, 0.1) is 13.7 Å². The Morgan fingerprint density at radius 2 is 1.80 bits per heavy atom. The Morgan fingerprint density at radius 3 is 2.30 bits per heavy atom. The van der Waals surface area contributed by atoms with Crippen molar-refractivity contribution in [2.75, 3.05) is 13.7 Å². The molecule has 0 heterocycles. The lowest BCUT2D eigenvalue weighted by atomic mass is 10.1. The van der Waals surface area contributed by atoms with Crippen molar-refractivity contribution in [3.63, 3.8) is 0 Å². The predicted molar refractivity (Wildman–Crippen MR) is 81.9 cm³/mol. The zero-order chi connectivity index (χ0) is 15.0. The summed E-state index contributed by atoms with van der Waals surface area (Å²) in [5.41, 5.74) is 1.14. The standard InChI is InChI=1S/C16H26N2O2/c1-5-14(6-2)18-16(19)11-17-12(3)13-7-9-15(20-4)10-8-13/h7-10,12,14,17H,5-6,11H2,1-4H3,(H,18,19). The van der Waals surface area contributed by atoms with Crippen LogP contribution in [0.25, 0.3) is 0 Å². The highest BCUT2D eigenvalue weighted by Gasteiger charge is 2.10. The second-order valence-electron chi connectivity index (χ2n) is 4.96. The molecule has 2 N–H and O–H groups in total. The molecule has 1 aromatic rings. The number of carbonyl (C=O) groups excluding carboxylic acids is 1. The third kappa shape index (κ3) is 5.21. The van der Waals surface area contributed by atoms with Gasteiger partial charge >= 0.3 is 0 Å². The number of amides is 1. The molecule has 0 aliphatic carbocycles. The molecule has 1 amide bonds. The van der Waals surface area contributed by atoms with Crippen LogP contribution in [0, 0.1) is 0 Å². The molecule has 0 saturated heterocycles. The third-order valence-electron chi connectivity index (χ3n) is 3.54. The summed E-state index contributed by atoms with van der Waals surface area (Å²) in [4.78, 5) is 11.8. The predicted octanol–water partition coefficient (Wildman–Crippen LogP) is 2.65. The summed E-state index contributed by atoms with van der Waals surface area (Å²) in [6.07, 6.45) is 1.94. The maximum absolute atomic E-state index is 11.8. The smallest absolute Gasteiger partial charge is 0.234 e. The molecule has 0 spiro atoms. The largest absolute Gasteiger partial charge is 0.497 e. The molecule has 0 aromatic heterocycles. The Hall–Kier alpha value is -1.55. The minimum atomic E-state index is 0.0547. The first-order valence-corrected chi connectivity index (χ1v) is 7.27. The van der Waals surface area contributed by atoms with Gasteiger partial charge in [-0.25, -0.2) is 0 Å². The maximum Gasteiger partial charge on any atom is 0.234 e. The summed E-state index contributed by atoms with van der Waals surface area (Å²) >= 11 is 0. The topological polar surface area (TPSA) is 50.4 Å². The molecule has 1 atom stereocenters. The fourth-order valence-electron chi connectivity index (χ4n) is 2.03. The van der Waals surface area contributed by atoms with Crippen molar-refractivity contribution >= 4 is 5.91 Å². The van der Waals surface area contributed by atoms with Gasteiger partial charge in [0.15, 0.2) is 0 Å². The zero-order valence-electron chi connectivity index (χ0n) is 12.9. The third-order valence-corrected chi connectivity index (χ3v) is 3.54. The lowest BCUT2D eigenvalue weighted by Crippen LogP contribution is -2.40. The quantitative estimate of drug-likeness (QED) is 0.768. The molecular weight excluding hydrogens is 252 g/mol. The highest BCUT2D eigenvalue weighted by molar-refractivity contribution is 5.78. The van der Waals surface area contributed by atoms with Crippen molar-refractivity contribution in [3.05, 3.63) is 29.8 Å². The Labute approximate surface area is 121 Å². The number of methoxy groups -OCH3 is 1. The van der Waals surface area contributed by atoms with E-state index < -0.39 is 0 Å². The Kier molecular flexibility index (Phi) is 7.09. The highest BCUT2D eigenvalue weighted by atomic mass is 16.5. The second kappa shape index (κ2) is 8.59. The fourth-order valence-corrected chi connectivity index (χ4v) is 2.03. The zero-order valence-corrected chi connectivity index (χ0v) is 12.9. The van der Waals surface area contributed by atoms with Gasteiger partial charge in [0.2, 0.25) is 5.91 Å². The molecule has 4 heteroatoms.